The van der Waals surface area contributed by atoms with Crippen molar-refractivity contribution in [3.8, 4) is 5.82 Å². The van der Waals surface area contributed by atoms with Crippen LogP contribution < -0.4 is 5.56 Å². The number of carboxylic acids is 1. The summed E-state index contributed by atoms with van der Waals surface area (Å²) < 4.78 is 2.41. The third kappa shape index (κ3) is 2.33. The number of rotatable bonds is 3. The van der Waals surface area contributed by atoms with Crippen LogP contribution in [0.4, 0.5) is 0 Å². The van der Waals surface area contributed by atoms with Gasteiger partial charge in [0.15, 0.2) is 5.82 Å². The molecule has 22 heavy (non-hydrogen) atoms. The number of hydrogen-bond acceptors (Lipinski definition) is 5. The third-order valence-electron chi connectivity index (χ3n) is 3.15. The summed E-state index contributed by atoms with van der Waals surface area (Å²) in [6.07, 6.45) is 1.12. The molecule has 2 aromatic heterocycles. The van der Waals surface area contributed by atoms with Crippen molar-refractivity contribution in [3.63, 3.8) is 0 Å². The van der Waals surface area contributed by atoms with Crippen LogP contribution in [0.25, 0.3) is 16.7 Å². The molecule has 0 atom stereocenters. The van der Waals surface area contributed by atoms with E-state index in [2.05, 4.69) is 15.4 Å². The minimum atomic E-state index is -1.03. The predicted molar refractivity (Wildman–Crippen MR) is 78.3 cm³/mol. The van der Waals surface area contributed by atoms with E-state index in [4.69, 9.17) is 16.7 Å². The third-order valence-corrected chi connectivity index (χ3v) is 3.38. The molecule has 8 nitrogen and oxygen atoms in total. The van der Waals surface area contributed by atoms with Crippen molar-refractivity contribution in [2.45, 2.75) is 6.42 Å². The zero-order valence-electron chi connectivity index (χ0n) is 11.4. The molecular weight excluding hydrogens is 310 g/mol. The van der Waals surface area contributed by atoms with Gasteiger partial charge in [0.2, 0.25) is 0 Å². The van der Waals surface area contributed by atoms with Crippen molar-refractivity contribution in [1.82, 2.24) is 24.8 Å². The van der Waals surface area contributed by atoms with Crippen molar-refractivity contribution in [3.05, 3.63) is 45.3 Å². The van der Waals surface area contributed by atoms with E-state index < -0.39 is 11.5 Å². The first kappa shape index (κ1) is 14.2. The van der Waals surface area contributed by atoms with Crippen molar-refractivity contribution in [2.24, 2.45) is 7.05 Å². The van der Waals surface area contributed by atoms with Crippen LogP contribution in [-0.2, 0) is 18.3 Å². The van der Waals surface area contributed by atoms with Gasteiger partial charge in [0, 0.05) is 17.6 Å². The number of carbonyl (C=O) groups is 1. The molecule has 0 fully saturated rings. The van der Waals surface area contributed by atoms with E-state index in [1.807, 2.05) is 0 Å². The number of aryl methyl sites for hydroxylation is 1. The summed E-state index contributed by atoms with van der Waals surface area (Å²) in [5, 5.41) is 21.5. The Morgan fingerprint density at radius 2 is 2.18 bits per heavy atom. The topological polar surface area (TPSA) is 103 Å². The molecule has 0 aliphatic rings. The molecule has 2 heterocycles. The Morgan fingerprint density at radius 1 is 1.41 bits per heavy atom. The first-order chi connectivity index (χ1) is 10.5. The number of fused-ring (bicyclic) bond motifs is 1. The monoisotopic (exact) mass is 319 g/mol. The lowest BCUT2D eigenvalue weighted by atomic mass is 10.2. The smallest absolute Gasteiger partial charge is 0.308 e. The van der Waals surface area contributed by atoms with Crippen LogP contribution in [0.5, 0.6) is 0 Å². The summed E-state index contributed by atoms with van der Waals surface area (Å²) in [5.41, 5.74) is 0.336. The van der Waals surface area contributed by atoms with Crippen molar-refractivity contribution in [2.75, 3.05) is 0 Å². The molecule has 0 radical (unpaired) electrons. The minimum Gasteiger partial charge on any atom is -0.481 e. The van der Waals surface area contributed by atoms with E-state index in [1.165, 1.54) is 16.9 Å². The summed E-state index contributed by atoms with van der Waals surface area (Å²) in [6.45, 7) is 0. The maximum absolute atomic E-state index is 12.6. The standard InChI is InChI=1S/C13H10ClN5O3/c1-18-12(7(6-15-18)4-11(20)21)19-13(22)9-5-8(14)2-3-10(9)16-17-19/h2-3,5-6H,4H2,1H3,(H,20,21). The number of hydrogen-bond donors (Lipinski definition) is 1. The number of carboxylic acid groups (broad SMARTS) is 1. The minimum absolute atomic E-state index is 0.266. The lowest BCUT2D eigenvalue weighted by molar-refractivity contribution is -0.136. The molecule has 0 aliphatic carbocycles. The van der Waals surface area contributed by atoms with Crippen LogP contribution in [0.3, 0.4) is 0 Å². The molecule has 0 bridgehead atoms. The molecule has 1 aromatic carbocycles. The number of aromatic nitrogens is 5. The highest BCUT2D eigenvalue weighted by Gasteiger charge is 2.17. The van der Waals surface area contributed by atoms with Gasteiger partial charge in [-0.25, -0.2) is 0 Å². The molecule has 3 rings (SSSR count). The summed E-state index contributed by atoms with van der Waals surface area (Å²) in [7, 11) is 1.59. The molecule has 1 N–H and O–H groups in total. The quantitative estimate of drug-likeness (QED) is 0.765. The Labute approximate surface area is 128 Å². The maximum Gasteiger partial charge on any atom is 0.308 e. The van der Waals surface area contributed by atoms with E-state index in [1.54, 1.807) is 19.2 Å². The highest BCUT2D eigenvalue weighted by molar-refractivity contribution is 6.31. The Bertz CT molecular complexity index is 946. The van der Waals surface area contributed by atoms with E-state index in [0.717, 1.165) is 4.68 Å². The van der Waals surface area contributed by atoms with Crippen LogP contribution >= 0.6 is 11.6 Å². The average molecular weight is 320 g/mol. The van der Waals surface area contributed by atoms with Gasteiger partial charge in [0.25, 0.3) is 5.56 Å². The molecule has 0 saturated carbocycles. The van der Waals surface area contributed by atoms with E-state index in [0.29, 0.717) is 21.5 Å². The van der Waals surface area contributed by atoms with Crippen LogP contribution in [0.1, 0.15) is 5.56 Å². The van der Waals surface area contributed by atoms with Gasteiger partial charge in [-0.05, 0) is 18.2 Å². The van der Waals surface area contributed by atoms with Crippen LogP contribution in [0.15, 0.2) is 29.2 Å². The second-order valence-corrected chi connectivity index (χ2v) is 5.09. The zero-order valence-corrected chi connectivity index (χ0v) is 12.2. The van der Waals surface area contributed by atoms with Crippen LogP contribution in [0.2, 0.25) is 5.02 Å². The highest BCUT2D eigenvalue weighted by atomic mass is 35.5. The molecule has 3 aromatic rings. The van der Waals surface area contributed by atoms with E-state index in [9.17, 15) is 9.59 Å². The number of aliphatic carboxylic acids is 1. The Hall–Kier alpha value is -2.74. The van der Waals surface area contributed by atoms with Crippen molar-refractivity contribution >= 4 is 28.5 Å². The number of nitrogens with zero attached hydrogens (tertiary/aromatic N) is 5. The van der Waals surface area contributed by atoms with Crippen molar-refractivity contribution in [1.29, 1.82) is 0 Å². The van der Waals surface area contributed by atoms with Gasteiger partial charge in [-0.1, -0.05) is 16.8 Å². The summed E-state index contributed by atoms with van der Waals surface area (Å²) in [4.78, 5) is 23.5. The summed E-state index contributed by atoms with van der Waals surface area (Å²) in [5.74, 6) is -0.763. The molecule has 0 saturated heterocycles. The Morgan fingerprint density at radius 3 is 2.91 bits per heavy atom. The average Bonchev–Trinajstić information content (AvgIpc) is 2.80. The molecule has 0 amide bonds. The van der Waals surface area contributed by atoms with E-state index in [-0.39, 0.29) is 12.2 Å². The molecule has 0 unspecified atom stereocenters. The first-order valence-electron chi connectivity index (χ1n) is 6.25. The lowest BCUT2D eigenvalue weighted by Crippen LogP contribution is -2.26. The number of halogens is 1. The first-order valence-corrected chi connectivity index (χ1v) is 6.63. The fourth-order valence-corrected chi connectivity index (χ4v) is 2.36. The largest absolute Gasteiger partial charge is 0.481 e. The van der Waals surface area contributed by atoms with Gasteiger partial charge in [-0.3, -0.25) is 14.3 Å². The Balaban J connectivity index is 2.27. The molecule has 9 heteroatoms. The highest BCUT2D eigenvalue weighted by Crippen LogP contribution is 2.16. The fourth-order valence-electron chi connectivity index (χ4n) is 2.19. The second kappa shape index (κ2) is 5.23. The predicted octanol–water partition coefficient (Wildman–Crippen LogP) is 0.795. The van der Waals surface area contributed by atoms with E-state index >= 15 is 0 Å². The summed E-state index contributed by atoms with van der Waals surface area (Å²) in [6, 6.07) is 4.71. The molecule has 112 valence electrons. The van der Waals surface area contributed by atoms with Gasteiger partial charge in [-0.15, -0.1) is 5.10 Å². The normalized spacial score (nSPS) is 11.0. The fraction of sp³-hybridized carbons (Fsp3) is 0.154. The molecule has 0 spiro atoms. The van der Waals surface area contributed by atoms with Gasteiger partial charge < -0.3 is 5.11 Å². The molecule has 0 aliphatic heterocycles. The van der Waals surface area contributed by atoms with Gasteiger partial charge >= 0.3 is 5.97 Å². The van der Waals surface area contributed by atoms with Gasteiger partial charge in [-0.2, -0.15) is 9.78 Å². The number of benzene rings is 1. The van der Waals surface area contributed by atoms with Crippen LogP contribution in [-0.4, -0.2) is 35.9 Å². The zero-order chi connectivity index (χ0) is 15.9. The SMILES string of the molecule is Cn1ncc(CC(=O)O)c1-n1nnc2ccc(Cl)cc2c1=O. The Kier molecular flexibility index (Phi) is 3.38. The lowest BCUT2D eigenvalue weighted by Gasteiger charge is -2.07. The molecular formula is C13H10ClN5O3. The maximum atomic E-state index is 12.6. The van der Waals surface area contributed by atoms with Gasteiger partial charge in [0.05, 0.1) is 18.0 Å². The second-order valence-electron chi connectivity index (χ2n) is 4.66. The van der Waals surface area contributed by atoms with Crippen LogP contribution in [0, 0.1) is 0 Å². The van der Waals surface area contributed by atoms with Gasteiger partial charge in [0.1, 0.15) is 5.52 Å². The summed E-state index contributed by atoms with van der Waals surface area (Å²) >= 11 is 5.91. The van der Waals surface area contributed by atoms with Crippen molar-refractivity contribution < 1.29 is 9.90 Å².